The monoisotopic (exact) mass is 470 g/mol. The van der Waals surface area contributed by atoms with Crippen molar-refractivity contribution in [1.29, 1.82) is 0 Å². The van der Waals surface area contributed by atoms with E-state index in [1.54, 1.807) is 21.7 Å². The van der Waals surface area contributed by atoms with Gasteiger partial charge in [0.25, 0.3) is 5.56 Å². The first-order valence-electron chi connectivity index (χ1n) is 11.8. The molecule has 4 aromatic rings. The highest BCUT2D eigenvalue weighted by Gasteiger charge is 2.29. The first-order chi connectivity index (χ1) is 16.6. The largest absolute Gasteiger partial charge is 0.444 e. The number of benzene rings is 1. The van der Waals surface area contributed by atoms with Gasteiger partial charge in [-0.3, -0.25) is 14.3 Å². The Labute approximate surface area is 204 Å². The van der Waals surface area contributed by atoms with E-state index in [0.29, 0.717) is 13.1 Å². The van der Waals surface area contributed by atoms with Crippen LogP contribution in [0.2, 0.25) is 0 Å². The Bertz CT molecular complexity index is 1490. The molecule has 1 aliphatic rings. The Hall–Kier alpha value is -3.87. The predicted molar refractivity (Wildman–Crippen MR) is 137 cm³/mol. The number of fused-ring (bicyclic) bond motifs is 3. The van der Waals surface area contributed by atoms with Crippen molar-refractivity contribution in [2.24, 2.45) is 7.05 Å². The van der Waals surface area contributed by atoms with Crippen molar-refractivity contribution in [2.75, 3.05) is 6.54 Å². The summed E-state index contributed by atoms with van der Waals surface area (Å²) in [5.74, 6) is 0. The van der Waals surface area contributed by atoms with Gasteiger partial charge in [0.1, 0.15) is 5.60 Å². The van der Waals surface area contributed by atoms with Gasteiger partial charge >= 0.3 is 6.09 Å². The molecule has 5 rings (SSSR count). The van der Waals surface area contributed by atoms with Crippen molar-refractivity contribution < 1.29 is 9.53 Å². The van der Waals surface area contributed by atoms with E-state index in [4.69, 9.17) is 4.74 Å². The Balaban J connectivity index is 1.48. The lowest BCUT2D eigenvalue weighted by molar-refractivity contribution is 0.0223. The molecule has 3 aromatic heterocycles. The van der Waals surface area contributed by atoms with Gasteiger partial charge in [-0.2, -0.15) is 0 Å². The number of nitrogens with zero attached hydrogens (tertiary/aromatic N) is 4. The van der Waals surface area contributed by atoms with Gasteiger partial charge in [0.05, 0.1) is 17.7 Å². The highest BCUT2D eigenvalue weighted by molar-refractivity contribution is 5.88. The van der Waals surface area contributed by atoms with E-state index in [1.165, 1.54) is 5.69 Å². The van der Waals surface area contributed by atoms with Gasteiger partial charge in [0, 0.05) is 66.4 Å². The fraction of sp³-hybridized carbons (Fsp3) is 0.321. The van der Waals surface area contributed by atoms with Gasteiger partial charge in [-0.05, 0) is 57.5 Å². The molecule has 7 heteroatoms. The third-order valence-corrected chi connectivity index (χ3v) is 6.48. The summed E-state index contributed by atoms with van der Waals surface area (Å²) in [4.78, 5) is 31.7. The van der Waals surface area contributed by atoms with Crippen LogP contribution in [0.5, 0.6) is 0 Å². The quantitative estimate of drug-likeness (QED) is 0.414. The zero-order chi connectivity index (χ0) is 24.9. The van der Waals surface area contributed by atoms with Crippen molar-refractivity contribution in [3.05, 3.63) is 82.2 Å². The summed E-state index contributed by atoms with van der Waals surface area (Å²) in [6.45, 7) is 8.71. The van der Waals surface area contributed by atoms with E-state index < -0.39 is 5.60 Å². The van der Waals surface area contributed by atoms with Crippen LogP contribution in [0.3, 0.4) is 0 Å². The summed E-state index contributed by atoms with van der Waals surface area (Å²) in [6, 6.07) is 13.5. The highest BCUT2D eigenvalue weighted by Crippen LogP contribution is 2.32. The zero-order valence-electron chi connectivity index (χ0n) is 20.8. The lowest BCUT2D eigenvalue weighted by Gasteiger charge is -2.30. The average Bonchev–Trinajstić information content (AvgIpc) is 3.09. The van der Waals surface area contributed by atoms with Crippen molar-refractivity contribution in [3.63, 3.8) is 0 Å². The van der Waals surface area contributed by atoms with Crippen molar-refractivity contribution in [3.8, 4) is 16.8 Å². The van der Waals surface area contributed by atoms with Gasteiger partial charge in [-0.15, -0.1) is 0 Å². The molecule has 7 nitrogen and oxygen atoms in total. The summed E-state index contributed by atoms with van der Waals surface area (Å²) in [7, 11) is 2.05. The molecule has 1 aliphatic heterocycles. The lowest BCUT2D eigenvalue weighted by atomic mass is 10.0. The van der Waals surface area contributed by atoms with Crippen LogP contribution in [-0.2, 0) is 24.8 Å². The number of amides is 1. The van der Waals surface area contributed by atoms with Crippen LogP contribution < -0.4 is 5.56 Å². The topological polar surface area (TPSA) is 69.4 Å². The van der Waals surface area contributed by atoms with Gasteiger partial charge < -0.3 is 14.2 Å². The summed E-state index contributed by atoms with van der Waals surface area (Å²) < 4.78 is 9.42. The molecule has 180 valence electrons. The van der Waals surface area contributed by atoms with Crippen LogP contribution in [0, 0.1) is 6.92 Å². The fourth-order valence-electron chi connectivity index (χ4n) is 4.70. The molecule has 4 heterocycles. The van der Waals surface area contributed by atoms with E-state index in [-0.39, 0.29) is 11.7 Å². The van der Waals surface area contributed by atoms with E-state index in [2.05, 4.69) is 9.55 Å². The maximum Gasteiger partial charge on any atom is 0.410 e. The molecule has 1 aromatic carbocycles. The molecule has 35 heavy (non-hydrogen) atoms. The molecule has 0 saturated heterocycles. The van der Waals surface area contributed by atoms with Crippen molar-refractivity contribution in [1.82, 2.24) is 19.0 Å². The van der Waals surface area contributed by atoms with Gasteiger partial charge in [-0.1, -0.05) is 12.1 Å². The second-order valence-corrected chi connectivity index (χ2v) is 10.1. The Morgan fingerprint density at radius 2 is 1.86 bits per heavy atom. The normalized spacial score (nSPS) is 13.7. The molecule has 0 atom stereocenters. The van der Waals surface area contributed by atoms with Crippen molar-refractivity contribution in [2.45, 2.75) is 46.3 Å². The SMILES string of the molecule is Cc1ccc(-c2ccn(-c3ccc4c5c(n(C)c4c3)CCN(C(=O)OC(C)(C)C)C5)c(=O)c2)cn1. The second-order valence-electron chi connectivity index (χ2n) is 10.1. The third kappa shape index (κ3) is 4.34. The molecule has 0 bridgehead atoms. The molecule has 0 aliphatic carbocycles. The van der Waals surface area contributed by atoms with Crippen LogP contribution in [0.25, 0.3) is 27.7 Å². The predicted octanol–water partition coefficient (Wildman–Crippen LogP) is 4.99. The molecule has 0 spiro atoms. The van der Waals surface area contributed by atoms with E-state index >= 15 is 0 Å². The smallest absolute Gasteiger partial charge is 0.410 e. The molecular formula is C28H30N4O3. The minimum absolute atomic E-state index is 0.0995. The molecule has 0 radical (unpaired) electrons. The molecular weight excluding hydrogens is 440 g/mol. The first kappa shape index (κ1) is 22.9. The summed E-state index contributed by atoms with van der Waals surface area (Å²) in [5.41, 5.74) is 6.27. The number of ether oxygens (including phenoxy) is 1. The number of aryl methyl sites for hydroxylation is 2. The van der Waals surface area contributed by atoms with E-state index in [1.807, 2.05) is 77.3 Å². The maximum absolute atomic E-state index is 13.0. The van der Waals surface area contributed by atoms with E-state index in [0.717, 1.165) is 45.4 Å². The molecule has 0 saturated carbocycles. The minimum atomic E-state index is -0.524. The Morgan fingerprint density at radius 3 is 2.54 bits per heavy atom. The summed E-state index contributed by atoms with van der Waals surface area (Å²) in [5, 5.41) is 1.09. The molecule has 0 N–H and O–H groups in total. The zero-order valence-corrected chi connectivity index (χ0v) is 20.8. The van der Waals surface area contributed by atoms with Crippen molar-refractivity contribution >= 4 is 17.0 Å². The Morgan fingerprint density at radius 1 is 1.06 bits per heavy atom. The third-order valence-electron chi connectivity index (χ3n) is 6.48. The number of carbonyl (C=O) groups is 1. The van der Waals surface area contributed by atoms with Crippen LogP contribution in [-0.4, -0.2) is 37.3 Å². The summed E-state index contributed by atoms with van der Waals surface area (Å²) >= 11 is 0. The van der Waals surface area contributed by atoms with Gasteiger partial charge in [0.15, 0.2) is 0 Å². The number of aromatic nitrogens is 3. The summed E-state index contributed by atoms with van der Waals surface area (Å²) in [6.07, 6.45) is 4.07. The minimum Gasteiger partial charge on any atom is -0.444 e. The Kier molecular flexibility index (Phi) is 5.50. The lowest BCUT2D eigenvalue weighted by Crippen LogP contribution is -2.40. The number of hydrogen-bond donors (Lipinski definition) is 0. The second kappa shape index (κ2) is 8.41. The number of rotatable bonds is 2. The average molecular weight is 471 g/mol. The van der Waals surface area contributed by atoms with Crippen LogP contribution >= 0.6 is 0 Å². The number of pyridine rings is 2. The maximum atomic E-state index is 13.0. The fourth-order valence-corrected chi connectivity index (χ4v) is 4.70. The first-order valence-corrected chi connectivity index (χ1v) is 11.8. The van der Waals surface area contributed by atoms with Gasteiger partial charge in [-0.25, -0.2) is 4.79 Å². The highest BCUT2D eigenvalue weighted by atomic mass is 16.6. The van der Waals surface area contributed by atoms with Crippen LogP contribution in [0.1, 0.15) is 37.7 Å². The van der Waals surface area contributed by atoms with E-state index in [9.17, 15) is 9.59 Å². The number of carbonyl (C=O) groups excluding carboxylic acids is 1. The molecule has 0 unspecified atom stereocenters. The standard InChI is InChI=1S/C28H30N4O3/c1-18-6-7-20(16-29-18)19-10-13-32(26(33)14-19)21-8-9-22-23-17-31(27(34)35-28(2,3)4)12-11-24(23)30(5)25(22)15-21/h6-10,13-16H,11-12,17H2,1-5H3. The van der Waals surface area contributed by atoms with Crippen LogP contribution in [0.4, 0.5) is 4.79 Å². The number of hydrogen-bond acceptors (Lipinski definition) is 4. The van der Waals surface area contributed by atoms with Crippen LogP contribution in [0.15, 0.2) is 59.7 Å². The van der Waals surface area contributed by atoms with Gasteiger partial charge in [0.2, 0.25) is 0 Å². The molecule has 0 fully saturated rings. The molecule has 1 amide bonds.